The fraction of sp³-hybridized carbons (Fsp3) is 0.375. The molecule has 0 saturated carbocycles. The van der Waals surface area contributed by atoms with Gasteiger partial charge in [0.25, 0.3) is 0 Å². The van der Waals surface area contributed by atoms with Crippen molar-refractivity contribution in [2.75, 3.05) is 0 Å². The molecule has 1 amide bonds. The molecule has 2 aromatic rings. The topological polar surface area (TPSA) is 72.9 Å². The quantitative estimate of drug-likeness (QED) is 0.849. The van der Waals surface area contributed by atoms with Crippen LogP contribution in [0.3, 0.4) is 0 Å². The summed E-state index contributed by atoms with van der Waals surface area (Å²) in [6, 6.07) is 11.3. The Hall–Kier alpha value is -2.14. The first kappa shape index (κ1) is 15.3. The molecule has 5 heteroatoms. The predicted molar refractivity (Wildman–Crippen MR) is 82.4 cm³/mol. The van der Waals surface area contributed by atoms with Gasteiger partial charge in [-0.3, -0.25) is 9.48 Å². The number of nitrogens with two attached hydrogens (primary N) is 1. The summed E-state index contributed by atoms with van der Waals surface area (Å²) in [6.45, 7) is 4.46. The van der Waals surface area contributed by atoms with Crippen molar-refractivity contribution < 1.29 is 4.79 Å². The largest absolute Gasteiger partial charge is 0.351 e. The Balaban J connectivity index is 1.90. The van der Waals surface area contributed by atoms with Crippen LogP contribution in [0.15, 0.2) is 48.8 Å². The number of carbonyl (C=O) groups is 1. The molecule has 5 nitrogen and oxygen atoms in total. The Morgan fingerprint density at radius 1 is 1.29 bits per heavy atom. The maximum Gasteiger partial charge on any atom is 0.225 e. The Kier molecular flexibility index (Phi) is 5.11. The molecule has 0 saturated heterocycles. The summed E-state index contributed by atoms with van der Waals surface area (Å²) in [5.74, 6) is -0.321. The highest BCUT2D eigenvalue weighted by molar-refractivity contribution is 5.79. The van der Waals surface area contributed by atoms with Crippen molar-refractivity contribution in [3.05, 3.63) is 54.4 Å². The van der Waals surface area contributed by atoms with E-state index in [4.69, 9.17) is 5.73 Å². The molecule has 1 aromatic carbocycles. The van der Waals surface area contributed by atoms with Gasteiger partial charge in [0.05, 0.1) is 12.5 Å². The number of amides is 1. The zero-order chi connectivity index (χ0) is 15.2. The third-order valence-corrected chi connectivity index (χ3v) is 3.55. The molecular formula is C16H22N4O. The Morgan fingerprint density at radius 2 is 2.00 bits per heavy atom. The predicted octanol–water partition coefficient (Wildman–Crippen LogP) is 1.72. The zero-order valence-corrected chi connectivity index (χ0v) is 12.4. The lowest BCUT2D eigenvalue weighted by Crippen LogP contribution is -2.41. The lowest BCUT2D eigenvalue weighted by Gasteiger charge is -2.22. The zero-order valence-electron chi connectivity index (χ0n) is 12.4. The Labute approximate surface area is 125 Å². The van der Waals surface area contributed by atoms with E-state index < -0.39 is 0 Å². The molecular weight excluding hydrogens is 264 g/mol. The first-order chi connectivity index (χ1) is 10.1. The highest BCUT2D eigenvalue weighted by Crippen LogP contribution is 2.19. The van der Waals surface area contributed by atoms with E-state index in [0.717, 1.165) is 5.56 Å². The summed E-state index contributed by atoms with van der Waals surface area (Å²) in [5.41, 5.74) is 7.14. The average molecular weight is 286 g/mol. The van der Waals surface area contributed by atoms with Gasteiger partial charge in [0.15, 0.2) is 0 Å². The summed E-state index contributed by atoms with van der Waals surface area (Å²) in [5, 5.41) is 7.12. The van der Waals surface area contributed by atoms with Crippen molar-refractivity contribution in [2.24, 2.45) is 11.7 Å². The summed E-state index contributed by atoms with van der Waals surface area (Å²) in [4.78, 5) is 12.3. The van der Waals surface area contributed by atoms with Crippen molar-refractivity contribution in [1.82, 2.24) is 15.1 Å². The van der Waals surface area contributed by atoms with Gasteiger partial charge in [-0.05, 0) is 18.6 Å². The molecule has 0 bridgehead atoms. The molecule has 0 fully saturated rings. The van der Waals surface area contributed by atoms with Gasteiger partial charge in [-0.25, -0.2) is 0 Å². The maximum atomic E-state index is 12.3. The minimum absolute atomic E-state index is 0.00261. The van der Waals surface area contributed by atoms with Crippen molar-refractivity contribution in [2.45, 2.75) is 32.5 Å². The van der Waals surface area contributed by atoms with Gasteiger partial charge < -0.3 is 11.1 Å². The van der Waals surface area contributed by atoms with Crippen LogP contribution < -0.4 is 11.1 Å². The van der Waals surface area contributed by atoms with Crippen LogP contribution in [0.5, 0.6) is 0 Å². The second kappa shape index (κ2) is 7.04. The number of carbonyl (C=O) groups excluding carboxylic acids is 1. The summed E-state index contributed by atoms with van der Waals surface area (Å²) >= 11 is 0. The number of aromatic nitrogens is 2. The fourth-order valence-corrected chi connectivity index (χ4v) is 2.24. The molecule has 0 aliphatic carbocycles. The van der Waals surface area contributed by atoms with Gasteiger partial charge in [-0.1, -0.05) is 37.3 Å². The molecule has 3 N–H and O–H groups in total. The van der Waals surface area contributed by atoms with Crippen LogP contribution >= 0.6 is 0 Å². The van der Waals surface area contributed by atoms with Crippen molar-refractivity contribution in [1.29, 1.82) is 0 Å². The van der Waals surface area contributed by atoms with Crippen LogP contribution in [0.25, 0.3) is 0 Å². The van der Waals surface area contributed by atoms with Crippen LogP contribution in [0.2, 0.25) is 0 Å². The van der Waals surface area contributed by atoms with Crippen molar-refractivity contribution >= 4 is 5.91 Å². The molecule has 0 aliphatic rings. The highest BCUT2D eigenvalue weighted by Gasteiger charge is 2.23. The first-order valence-corrected chi connectivity index (χ1v) is 7.16. The van der Waals surface area contributed by atoms with Crippen LogP contribution in [-0.2, 0) is 11.3 Å². The number of rotatable bonds is 6. The average Bonchev–Trinajstić information content (AvgIpc) is 2.99. The third kappa shape index (κ3) is 4.16. The normalized spacial score (nSPS) is 15.2. The van der Waals surface area contributed by atoms with Crippen LogP contribution in [0.1, 0.15) is 25.5 Å². The fourth-order valence-electron chi connectivity index (χ4n) is 2.24. The second-order valence-electron chi connectivity index (χ2n) is 5.36. The third-order valence-electron chi connectivity index (χ3n) is 3.55. The van der Waals surface area contributed by atoms with E-state index in [-0.39, 0.29) is 23.9 Å². The molecule has 2 rings (SSSR count). The molecule has 3 unspecified atom stereocenters. The van der Waals surface area contributed by atoms with Gasteiger partial charge >= 0.3 is 0 Å². The van der Waals surface area contributed by atoms with Crippen molar-refractivity contribution in [3.8, 4) is 0 Å². The lowest BCUT2D eigenvalue weighted by molar-refractivity contribution is -0.125. The molecule has 1 heterocycles. The molecule has 0 radical (unpaired) electrons. The van der Waals surface area contributed by atoms with E-state index in [1.165, 1.54) is 0 Å². The molecule has 3 atom stereocenters. The Morgan fingerprint density at radius 3 is 2.62 bits per heavy atom. The van der Waals surface area contributed by atoms with Gasteiger partial charge in [0.2, 0.25) is 5.91 Å². The molecule has 21 heavy (non-hydrogen) atoms. The second-order valence-corrected chi connectivity index (χ2v) is 5.36. The molecule has 0 spiro atoms. The smallest absolute Gasteiger partial charge is 0.225 e. The van der Waals surface area contributed by atoms with Crippen LogP contribution in [0, 0.1) is 5.92 Å². The van der Waals surface area contributed by atoms with Gasteiger partial charge in [-0.2, -0.15) is 5.10 Å². The molecule has 112 valence electrons. The molecule has 1 aromatic heterocycles. The Bertz CT molecular complexity index is 553. The monoisotopic (exact) mass is 286 g/mol. The SMILES string of the molecule is CC(Cn1cccn1)NC(=O)C(C)C(N)c1ccccc1. The van der Waals surface area contributed by atoms with E-state index in [1.54, 1.807) is 10.9 Å². The van der Waals surface area contributed by atoms with E-state index in [1.807, 2.05) is 56.4 Å². The number of benzene rings is 1. The highest BCUT2D eigenvalue weighted by atomic mass is 16.2. The van der Waals surface area contributed by atoms with Gasteiger partial charge in [0, 0.05) is 24.5 Å². The van der Waals surface area contributed by atoms with E-state index in [0.29, 0.717) is 6.54 Å². The lowest BCUT2D eigenvalue weighted by atomic mass is 9.94. The summed E-state index contributed by atoms with van der Waals surface area (Å²) in [7, 11) is 0. The minimum atomic E-state index is -0.303. The summed E-state index contributed by atoms with van der Waals surface area (Å²) < 4.78 is 1.80. The maximum absolute atomic E-state index is 12.3. The first-order valence-electron chi connectivity index (χ1n) is 7.16. The van der Waals surface area contributed by atoms with Crippen molar-refractivity contribution in [3.63, 3.8) is 0 Å². The summed E-state index contributed by atoms with van der Waals surface area (Å²) in [6.07, 6.45) is 3.60. The molecule has 0 aliphatic heterocycles. The van der Waals surface area contributed by atoms with Crippen LogP contribution in [-0.4, -0.2) is 21.7 Å². The number of nitrogens with one attached hydrogen (secondary N) is 1. The van der Waals surface area contributed by atoms with Gasteiger partial charge in [0.1, 0.15) is 0 Å². The number of hydrogen-bond donors (Lipinski definition) is 2. The number of nitrogens with zero attached hydrogens (tertiary/aromatic N) is 2. The van der Waals surface area contributed by atoms with E-state index in [9.17, 15) is 4.79 Å². The van der Waals surface area contributed by atoms with E-state index >= 15 is 0 Å². The van der Waals surface area contributed by atoms with Crippen LogP contribution in [0.4, 0.5) is 0 Å². The number of hydrogen-bond acceptors (Lipinski definition) is 3. The minimum Gasteiger partial charge on any atom is -0.351 e. The van der Waals surface area contributed by atoms with E-state index in [2.05, 4.69) is 10.4 Å². The van der Waals surface area contributed by atoms with Gasteiger partial charge in [-0.15, -0.1) is 0 Å². The standard InChI is InChI=1S/C16H22N4O/c1-12(11-20-10-6-9-18-20)19-16(21)13(2)15(17)14-7-4-3-5-8-14/h3-10,12-13,15H,11,17H2,1-2H3,(H,19,21).